The molecule has 0 aliphatic carbocycles. The number of aromatic amines is 1. The monoisotopic (exact) mass is 323 g/mol. The van der Waals surface area contributed by atoms with E-state index >= 15 is 0 Å². The summed E-state index contributed by atoms with van der Waals surface area (Å²) in [5.41, 5.74) is 2.35. The van der Waals surface area contributed by atoms with Gasteiger partial charge in [0.15, 0.2) is 0 Å². The number of rotatable bonds is 7. The molecule has 7 heteroatoms. The van der Waals surface area contributed by atoms with Crippen LogP contribution in [0.2, 0.25) is 0 Å². The molecular formula is C15H21N3O3S. The van der Waals surface area contributed by atoms with Crippen molar-refractivity contribution >= 4 is 26.8 Å². The fraction of sp³-hybridized carbons (Fsp3) is 0.400. The molecule has 0 fully saturated rings. The number of H-pyrrole nitrogens is 1. The van der Waals surface area contributed by atoms with E-state index < -0.39 is 9.84 Å². The highest BCUT2D eigenvalue weighted by Gasteiger charge is 2.05. The molecule has 2 amide bonds. The molecule has 0 bridgehead atoms. The zero-order chi connectivity index (χ0) is 16.0. The summed E-state index contributed by atoms with van der Waals surface area (Å²) < 4.78 is 21.9. The molecular weight excluding hydrogens is 302 g/mol. The van der Waals surface area contributed by atoms with Gasteiger partial charge in [-0.1, -0.05) is 18.2 Å². The summed E-state index contributed by atoms with van der Waals surface area (Å²) in [5, 5.41) is 6.46. The predicted molar refractivity (Wildman–Crippen MR) is 87.7 cm³/mol. The Morgan fingerprint density at radius 3 is 2.68 bits per heavy atom. The Bertz CT molecular complexity index is 737. The molecule has 0 radical (unpaired) electrons. The minimum Gasteiger partial charge on any atom is -0.361 e. The highest BCUT2D eigenvalue weighted by molar-refractivity contribution is 7.90. The van der Waals surface area contributed by atoms with Gasteiger partial charge in [0.25, 0.3) is 0 Å². The number of amides is 2. The van der Waals surface area contributed by atoms with Gasteiger partial charge >= 0.3 is 6.03 Å². The van der Waals surface area contributed by atoms with E-state index in [1.807, 2.05) is 24.4 Å². The lowest BCUT2D eigenvalue weighted by Crippen LogP contribution is -2.38. The largest absolute Gasteiger partial charge is 0.361 e. The molecule has 0 aliphatic heterocycles. The van der Waals surface area contributed by atoms with Crippen LogP contribution in [0.3, 0.4) is 0 Å². The lowest BCUT2D eigenvalue weighted by atomic mass is 10.1. The molecule has 6 nitrogen and oxygen atoms in total. The van der Waals surface area contributed by atoms with Crippen molar-refractivity contribution in [1.29, 1.82) is 0 Å². The summed E-state index contributed by atoms with van der Waals surface area (Å²) >= 11 is 0. The number of nitrogens with one attached hydrogen (secondary N) is 3. The standard InChI is InChI=1S/C15H21N3O3S/c1-22(20,21)10-9-17-15(19)16-8-4-5-12-11-18-14-7-3-2-6-13(12)14/h2-3,6-7,11,18H,4-5,8-10H2,1H3,(H2,16,17,19). The molecule has 22 heavy (non-hydrogen) atoms. The number of sulfone groups is 1. The van der Waals surface area contributed by atoms with Gasteiger partial charge in [-0.2, -0.15) is 0 Å². The first-order chi connectivity index (χ1) is 10.5. The number of aromatic nitrogens is 1. The van der Waals surface area contributed by atoms with E-state index in [-0.39, 0.29) is 18.3 Å². The SMILES string of the molecule is CS(=O)(=O)CCNC(=O)NCCCc1c[nH]c2ccccc12. The van der Waals surface area contributed by atoms with Crippen LogP contribution in [0, 0.1) is 0 Å². The van der Waals surface area contributed by atoms with E-state index in [9.17, 15) is 13.2 Å². The smallest absolute Gasteiger partial charge is 0.314 e. The number of hydrogen-bond donors (Lipinski definition) is 3. The molecule has 0 spiro atoms. The van der Waals surface area contributed by atoms with Gasteiger partial charge in [-0.15, -0.1) is 0 Å². The predicted octanol–water partition coefficient (Wildman–Crippen LogP) is 1.44. The van der Waals surface area contributed by atoms with Crippen molar-refractivity contribution in [2.75, 3.05) is 25.1 Å². The van der Waals surface area contributed by atoms with Crippen molar-refractivity contribution in [3.8, 4) is 0 Å². The van der Waals surface area contributed by atoms with Crippen LogP contribution in [0.4, 0.5) is 4.79 Å². The minimum absolute atomic E-state index is 0.0459. The van der Waals surface area contributed by atoms with Crippen molar-refractivity contribution in [1.82, 2.24) is 15.6 Å². The molecule has 1 heterocycles. The Labute approximate surface area is 130 Å². The minimum atomic E-state index is -3.04. The van der Waals surface area contributed by atoms with E-state index in [1.165, 1.54) is 10.9 Å². The van der Waals surface area contributed by atoms with Crippen molar-refractivity contribution in [2.45, 2.75) is 12.8 Å². The van der Waals surface area contributed by atoms with Gasteiger partial charge in [0.2, 0.25) is 0 Å². The average molecular weight is 323 g/mol. The molecule has 120 valence electrons. The van der Waals surface area contributed by atoms with Gasteiger partial charge in [0.05, 0.1) is 5.75 Å². The number of para-hydroxylation sites is 1. The van der Waals surface area contributed by atoms with Crippen molar-refractivity contribution in [3.63, 3.8) is 0 Å². The van der Waals surface area contributed by atoms with Crippen LogP contribution in [-0.2, 0) is 16.3 Å². The first-order valence-corrected chi connectivity index (χ1v) is 9.26. The third-order valence-corrected chi connectivity index (χ3v) is 4.29. The van der Waals surface area contributed by atoms with Gasteiger partial charge in [0.1, 0.15) is 9.84 Å². The molecule has 0 saturated heterocycles. The number of hydrogen-bond acceptors (Lipinski definition) is 3. The van der Waals surface area contributed by atoms with Crippen LogP contribution >= 0.6 is 0 Å². The summed E-state index contributed by atoms with van der Waals surface area (Å²) in [4.78, 5) is 14.7. The van der Waals surface area contributed by atoms with E-state index in [0.29, 0.717) is 6.54 Å². The molecule has 3 N–H and O–H groups in total. The number of carbonyl (C=O) groups is 1. The lowest BCUT2D eigenvalue weighted by Gasteiger charge is -2.06. The van der Waals surface area contributed by atoms with Crippen LogP contribution in [0.5, 0.6) is 0 Å². The fourth-order valence-electron chi connectivity index (χ4n) is 2.23. The van der Waals surface area contributed by atoms with Gasteiger partial charge < -0.3 is 15.6 Å². The second-order valence-electron chi connectivity index (χ2n) is 5.28. The average Bonchev–Trinajstić information content (AvgIpc) is 2.86. The Balaban J connectivity index is 1.68. The molecule has 2 rings (SSSR count). The van der Waals surface area contributed by atoms with E-state index in [4.69, 9.17) is 0 Å². The molecule has 0 saturated carbocycles. The third kappa shape index (κ3) is 5.07. The number of urea groups is 1. The van der Waals surface area contributed by atoms with Crippen LogP contribution < -0.4 is 10.6 Å². The van der Waals surface area contributed by atoms with E-state index in [2.05, 4.69) is 21.7 Å². The van der Waals surface area contributed by atoms with Crippen molar-refractivity contribution in [2.24, 2.45) is 0 Å². The van der Waals surface area contributed by atoms with Gasteiger partial charge in [-0.05, 0) is 24.5 Å². The van der Waals surface area contributed by atoms with Gasteiger partial charge in [0, 0.05) is 36.4 Å². The molecule has 0 unspecified atom stereocenters. The first-order valence-electron chi connectivity index (χ1n) is 7.20. The normalized spacial score (nSPS) is 11.5. The second-order valence-corrected chi connectivity index (χ2v) is 7.54. The summed E-state index contributed by atoms with van der Waals surface area (Å²) in [6.45, 7) is 0.678. The second kappa shape index (κ2) is 7.31. The topological polar surface area (TPSA) is 91.1 Å². The van der Waals surface area contributed by atoms with Crippen LogP contribution in [0.15, 0.2) is 30.5 Å². The van der Waals surface area contributed by atoms with E-state index in [0.717, 1.165) is 24.6 Å². The number of aryl methyl sites for hydroxylation is 1. The van der Waals surface area contributed by atoms with E-state index in [1.54, 1.807) is 0 Å². The summed E-state index contributed by atoms with van der Waals surface area (Å²) in [6, 6.07) is 7.78. The molecule has 1 aromatic heterocycles. The Morgan fingerprint density at radius 2 is 1.91 bits per heavy atom. The summed E-state index contributed by atoms with van der Waals surface area (Å²) in [5.74, 6) is -0.0459. The maximum absolute atomic E-state index is 11.5. The van der Waals surface area contributed by atoms with Crippen LogP contribution in [0.1, 0.15) is 12.0 Å². The highest BCUT2D eigenvalue weighted by atomic mass is 32.2. The zero-order valence-corrected chi connectivity index (χ0v) is 13.4. The van der Waals surface area contributed by atoms with Gasteiger partial charge in [-0.3, -0.25) is 0 Å². The van der Waals surface area contributed by atoms with Crippen LogP contribution in [0.25, 0.3) is 10.9 Å². The molecule has 0 aliphatic rings. The lowest BCUT2D eigenvalue weighted by molar-refractivity contribution is 0.241. The zero-order valence-electron chi connectivity index (χ0n) is 12.6. The molecule has 2 aromatic rings. The maximum Gasteiger partial charge on any atom is 0.314 e. The summed E-state index contributed by atoms with van der Waals surface area (Å²) in [7, 11) is -3.04. The Morgan fingerprint density at radius 1 is 1.18 bits per heavy atom. The highest BCUT2D eigenvalue weighted by Crippen LogP contribution is 2.18. The van der Waals surface area contributed by atoms with Crippen molar-refractivity contribution in [3.05, 3.63) is 36.0 Å². The Kier molecular flexibility index (Phi) is 5.43. The van der Waals surface area contributed by atoms with Crippen molar-refractivity contribution < 1.29 is 13.2 Å². The quantitative estimate of drug-likeness (QED) is 0.673. The first kappa shape index (κ1) is 16.4. The maximum atomic E-state index is 11.5. The number of fused-ring (bicyclic) bond motifs is 1. The fourth-order valence-corrected chi connectivity index (χ4v) is 2.70. The summed E-state index contributed by atoms with van der Waals surface area (Å²) in [6.07, 6.45) is 4.83. The molecule has 1 aromatic carbocycles. The van der Waals surface area contributed by atoms with Crippen LogP contribution in [-0.4, -0.2) is 44.5 Å². The number of carbonyl (C=O) groups excluding carboxylic acids is 1. The van der Waals surface area contributed by atoms with Gasteiger partial charge in [-0.25, -0.2) is 13.2 Å². The Hall–Kier alpha value is -2.02. The number of benzene rings is 1. The molecule has 0 atom stereocenters. The third-order valence-electron chi connectivity index (χ3n) is 3.34.